The van der Waals surface area contributed by atoms with Gasteiger partial charge in [-0.05, 0) is 42.5 Å². The second-order valence-corrected chi connectivity index (χ2v) is 12.9. The van der Waals surface area contributed by atoms with E-state index in [0.717, 1.165) is 60.4 Å². The third-order valence-corrected chi connectivity index (χ3v) is 9.82. The van der Waals surface area contributed by atoms with Crippen molar-refractivity contribution in [1.29, 1.82) is 0 Å². The highest BCUT2D eigenvalue weighted by Gasteiger charge is 2.26. The molecule has 7 heteroatoms. The number of fused-ring (bicyclic) bond motifs is 9. The van der Waals surface area contributed by atoms with Crippen molar-refractivity contribution in [2.24, 2.45) is 0 Å². The number of ether oxygens (including phenoxy) is 2. The number of rotatable bonds is 4. The van der Waals surface area contributed by atoms with Crippen LogP contribution in [0.1, 0.15) is 0 Å². The lowest BCUT2D eigenvalue weighted by molar-refractivity contribution is 0.360. The third kappa shape index (κ3) is 4.29. The first-order valence-electron chi connectivity index (χ1n) is 17.2. The molecule has 0 fully saturated rings. The van der Waals surface area contributed by atoms with Crippen LogP contribution in [0.25, 0.3) is 78.0 Å². The van der Waals surface area contributed by atoms with Gasteiger partial charge in [0.15, 0.2) is 34.6 Å². The predicted molar refractivity (Wildman–Crippen MR) is 206 cm³/mol. The van der Waals surface area contributed by atoms with Crippen molar-refractivity contribution in [2.45, 2.75) is 0 Å². The number of aromatic nitrogens is 5. The van der Waals surface area contributed by atoms with E-state index >= 15 is 0 Å². The summed E-state index contributed by atoms with van der Waals surface area (Å²) in [6, 6.07) is 55.5. The molecule has 0 spiro atoms. The molecule has 0 bridgehead atoms. The highest BCUT2D eigenvalue weighted by Crippen LogP contribution is 2.50. The van der Waals surface area contributed by atoms with Crippen LogP contribution in [-0.4, -0.2) is 24.1 Å². The van der Waals surface area contributed by atoms with E-state index in [0.29, 0.717) is 40.6 Å². The topological polar surface area (TPSA) is 67.0 Å². The van der Waals surface area contributed by atoms with Crippen LogP contribution in [0.5, 0.6) is 23.0 Å². The Balaban J connectivity index is 1.29. The molecule has 0 radical (unpaired) electrons. The summed E-state index contributed by atoms with van der Waals surface area (Å²) in [5.74, 6) is 4.46. The monoisotopic (exact) mass is 669 g/mol. The lowest BCUT2D eigenvalue weighted by Gasteiger charge is -2.20. The molecule has 7 nitrogen and oxygen atoms in total. The van der Waals surface area contributed by atoms with Crippen LogP contribution in [0, 0.1) is 0 Å². The van der Waals surface area contributed by atoms with E-state index in [-0.39, 0.29) is 0 Å². The second-order valence-electron chi connectivity index (χ2n) is 12.9. The van der Waals surface area contributed by atoms with Crippen molar-refractivity contribution in [2.75, 3.05) is 0 Å². The molecule has 0 atom stereocenters. The van der Waals surface area contributed by atoms with Gasteiger partial charge in [0.05, 0.1) is 22.1 Å². The molecule has 1 aliphatic rings. The Morgan fingerprint density at radius 1 is 0.385 bits per heavy atom. The standard InChI is InChI=1S/C45H27N5O2/c1-4-14-28(15-5-1)43-46-44(29-16-6-2-7-17-29)48-45(47-43)50-34-21-11-10-20-31(34)32-24-25-35-41(42(32)50)33-26-39-40(52-38-23-13-12-22-37(38)51-39)27-36(33)49(35)30-18-8-3-9-19-30/h1-27H. The molecule has 7 aromatic carbocycles. The fraction of sp³-hybridized carbons (Fsp3) is 0. The summed E-state index contributed by atoms with van der Waals surface area (Å²) in [6.45, 7) is 0. The van der Waals surface area contributed by atoms with Crippen molar-refractivity contribution in [3.63, 3.8) is 0 Å². The zero-order chi connectivity index (χ0) is 34.2. The van der Waals surface area contributed by atoms with Crippen LogP contribution >= 0.6 is 0 Å². The van der Waals surface area contributed by atoms with Gasteiger partial charge in [0, 0.05) is 44.4 Å². The van der Waals surface area contributed by atoms with Gasteiger partial charge in [0.25, 0.3) is 0 Å². The summed E-state index contributed by atoms with van der Waals surface area (Å²) in [5.41, 5.74) is 6.91. The fourth-order valence-electron chi connectivity index (χ4n) is 7.54. The Bertz CT molecular complexity index is 2950. The Kier molecular flexibility index (Phi) is 6.12. The molecule has 52 heavy (non-hydrogen) atoms. The van der Waals surface area contributed by atoms with E-state index in [1.54, 1.807) is 0 Å². The van der Waals surface area contributed by atoms with Crippen LogP contribution in [0.4, 0.5) is 0 Å². The molecule has 0 amide bonds. The number of nitrogens with zero attached hydrogens (tertiary/aromatic N) is 5. The minimum atomic E-state index is 0.540. The first-order valence-corrected chi connectivity index (χ1v) is 17.2. The molecule has 0 saturated carbocycles. The summed E-state index contributed by atoms with van der Waals surface area (Å²) in [4.78, 5) is 15.4. The van der Waals surface area contributed by atoms with E-state index in [1.165, 1.54) is 0 Å². The zero-order valence-corrected chi connectivity index (χ0v) is 27.6. The number of hydrogen-bond donors (Lipinski definition) is 0. The first-order chi connectivity index (χ1) is 25.8. The van der Waals surface area contributed by atoms with Gasteiger partial charge in [-0.1, -0.05) is 115 Å². The van der Waals surface area contributed by atoms with Crippen molar-refractivity contribution < 1.29 is 9.47 Å². The van der Waals surface area contributed by atoms with Crippen molar-refractivity contribution in [3.8, 4) is 57.4 Å². The Morgan fingerprint density at radius 3 is 1.63 bits per heavy atom. The molecule has 0 unspecified atom stereocenters. The molecule has 4 heterocycles. The van der Waals surface area contributed by atoms with E-state index in [2.05, 4.69) is 81.9 Å². The van der Waals surface area contributed by atoms with Crippen molar-refractivity contribution in [3.05, 3.63) is 164 Å². The number of benzene rings is 7. The van der Waals surface area contributed by atoms with E-state index < -0.39 is 0 Å². The summed E-state index contributed by atoms with van der Waals surface area (Å²) in [6.07, 6.45) is 0. The van der Waals surface area contributed by atoms with Gasteiger partial charge in [0.1, 0.15) is 0 Å². The van der Waals surface area contributed by atoms with Gasteiger partial charge >= 0.3 is 0 Å². The van der Waals surface area contributed by atoms with E-state index in [9.17, 15) is 0 Å². The van der Waals surface area contributed by atoms with Gasteiger partial charge < -0.3 is 14.0 Å². The van der Waals surface area contributed by atoms with Gasteiger partial charge in [-0.2, -0.15) is 9.97 Å². The molecular formula is C45H27N5O2. The Labute approximate surface area is 297 Å². The molecule has 3 aromatic heterocycles. The lowest BCUT2D eigenvalue weighted by atomic mass is 10.1. The normalized spacial score (nSPS) is 12.2. The fourth-order valence-corrected chi connectivity index (χ4v) is 7.54. The minimum absolute atomic E-state index is 0.540. The predicted octanol–water partition coefficient (Wildman–Crippen LogP) is 11.3. The van der Waals surface area contributed by atoms with Crippen molar-refractivity contribution >= 4 is 43.6 Å². The van der Waals surface area contributed by atoms with Gasteiger partial charge in [-0.15, -0.1) is 0 Å². The Hall–Kier alpha value is -7.25. The smallest absolute Gasteiger partial charge is 0.238 e. The average Bonchev–Trinajstić information content (AvgIpc) is 3.72. The zero-order valence-electron chi connectivity index (χ0n) is 27.6. The highest BCUT2D eigenvalue weighted by atomic mass is 16.6. The summed E-state index contributed by atoms with van der Waals surface area (Å²) < 4.78 is 17.4. The molecule has 10 aromatic rings. The largest absolute Gasteiger partial charge is 0.449 e. The SMILES string of the molecule is c1ccc(-c2nc(-c3ccccc3)nc(-n3c4ccccc4c4ccc5c(c6cc7c(cc6n5-c5ccccc5)Oc5ccccc5O7)c43)n2)cc1. The maximum Gasteiger partial charge on any atom is 0.238 e. The first kappa shape index (κ1) is 28.6. The molecule has 1 aliphatic heterocycles. The van der Waals surface area contributed by atoms with Gasteiger partial charge in [-0.3, -0.25) is 4.57 Å². The molecule has 244 valence electrons. The summed E-state index contributed by atoms with van der Waals surface area (Å²) in [5, 5.41) is 4.28. The maximum absolute atomic E-state index is 6.49. The maximum atomic E-state index is 6.49. The number of hydrogen-bond acceptors (Lipinski definition) is 5. The van der Waals surface area contributed by atoms with Crippen LogP contribution in [-0.2, 0) is 0 Å². The molecule has 0 saturated heterocycles. The van der Waals surface area contributed by atoms with Gasteiger partial charge in [0.2, 0.25) is 5.95 Å². The lowest BCUT2D eigenvalue weighted by Crippen LogP contribution is -2.06. The summed E-state index contributed by atoms with van der Waals surface area (Å²) >= 11 is 0. The number of para-hydroxylation sites is 4. The van der Waals surface area contributed by atoms with Crippen LogP contribution < -0.4 is 9.47 Å². The average molecular weight is 670 g/mol. The quantitative estimate of drug-likeness (QED) is 0.187. The van der Waals surface area contributed by atoms with Gasteiger partial charge in [-0.25, -0.2) is 4.98 Å². The highest BCUT2D eigenvalue weighted by molar-refractivity contribution is 6.26. The molecule has 0 aliphatic carbocycles. The Morgan fingerprint density at radius 2 is 0.962 bits per heavy atom. The van der Waals surface area contributed by atoms with E-state index in [4.69, 9.17) is 24.4 Å². The molecule has 0 N–H and O–H groups in total. The van der Waals surface area contributed by atoms with Crippen molar-refractivity contribution in [1.82, 2.24) is 24.1 Å². The minimum Gasteiger partial charge on any atom is -0.449 e. The van der Waals surface area contributed by atoms with Crippen LogP contribution in [0.2, 0.25) is 0 Å². The van der Waals surface area contributed by atoms with E-state index in [1.807, 2.05) is 91.0 Å². The second kappa shape index (κ2) is 11.1. The molecular weight excluding hydrogens is 643 g/mol. The van der Waals surface area contributed by atoms with Crippen LogP contribution in [0.3, 0.4) is 0 Å². The third-order valence-electron chi connectivity index (χ3n) is 9.82. The van der Waals surface area contributed by atoms with Crippen LogP contribution in [0.15, 0.2) is 164 Å². The molecule has 11 rings (SSSR count). The summed E-state index contributed by atoms with van der Waals surface area (Å²) in [7, 11) is 0.